The Balaban J connectivity index is 2.77. The van der Waals surface area contributed by atoms with E-state index >= 15 is 0 Å². The van der Waals surface area contributed by atoms with Crippen molar-refractivity contribution in [3.05, 3.63) is 18.4 Å². The number of furan rings is 1. The number of rotatable bonds is 1. The summed E-state index contributed by atoms with van der Waals surface area (Å²) < 4.78 is 6.28. The Hall–Kier alpha value is 0.0787. The first kappa shape index (κ1) is 6.20. The molecule has 0 unspecified atom stereocenters. The molecule has 8 heavy (non-hydrogen) atoms. The molecule has 0 aliphatic rings. The van der Waals surface area contributed by atoms with Gasteiger partial charge in [0.25, 0.3) is 0 Å². The van der Waals surface area contributed by atoms with Crippen LogP contribution < -0.4 is 3.78 Å². The molecule has 0 atom stereocenters. The van der Waals surface area contributed by atoms with Crippen molar-refractivity contribution in [2.45, 2.75) is 9.88 Å². The van der Waals surface area contributed by atoms with Gasteiger partial charge in [0.1, 0.15) is 0 Å². The fourth-order valence-electron chi connectivity index (χ4n) is 0.563. The van der Waals surface area contributed by atoms with Crippen LogP contribution in [-0.4, -0.2) is 19.8 Å². The molecule has 43 valence electrons. The minimum absolute atomic E-state index is 1.21. The zero-order chi connectivity index (χ0) is 5.98. The molecular formula is C6H9OSn. The predicted molar refractivity (Wildman–Crippen MR) is 36.1 cm³/mol. The third-order valence-electron chi connectivity index (χ3n) is 1.06. The van der Waals surface area contributed by atoms with E-state index in [0.29, 0.717) is 0 Å². The van der Waals surface area contributed by atoms with E-state index in [1.54, 1.807) is 0 Å². The van der Waals surface area contributed by atoms with Gasteiger partial charge in [-0.25, -0.2) is 0 Å². The van der Waals surface area contributed by atoms with Gasteiger partial charge in [-0.3, -0.25) is 0 Å². The van der Waals surface area contributed by atoms with E-state index in [1.165, 1.54) is 3.78 Å². The Labute approximate surface area is 56.4 Å². The monoisotopic (exact) mass is 217 g/mol. The summed E-state index contributed by atoms with van der Waals surface area (Å²) >= 11 is -1.27. The molecule has 0 aromatic carbocycles. The Morgan fingerprint density at radius 2 is 2.38 bits per heavy atom. The molecular weight excluding hydrogens is 207 g/mol. The van der Waals surface area contributed by atoms with Crippen LogP contribution in [-0.2, 0) is 0 Å². The Kier molecular flexibility index (Phi) is 2.00. The van der Waals surface area contributed by atoms with Crippen molar-refractivity contribution in [2.75, 3.05) is 0 Å². The Morgan fingerprint density at radius 3 is 2.62 bits per heavy atom. The van der Waals surface area contributed by atoms with Crippen LogP contribution in [0.4, 0.5) is 0 Å². The van der Waals surface area contributed by atoms with Crippen LogP contribution in [0.2, 0.25) is 9.88 Å². The minimum atomic E-state index is -1.27. The zero-order valence-corrected chi connectivity index (χ0v) is 8.44. The normalized spacial score (nSPS) is 10.4. The average Bonchev–Trinajstić information content (AvgIpc) is 2.12. The molecule has 1 heterocycles. The van der Waals surface area contributed by atoms with Gasteiger partial charge in [-0.15, -0.1) is 0 Å². The number of hydrogen-bond donors (Lipinski definition) is 0. The van der Waals surface area contributed by atoms with Gasteiger partial charge in [-0.2, -0.15) is 0 Å². The maximum absolute atomic E-state index is 5.06. The summed E-state index contributed by atoms with van der Waals surface area (Å²) in [6.45, 7) is 0. The molecule has 0 aliphatic heterocycles. The standard InChI is InChI=1S/C4H2O.2CH3.Sn.H/c1-2-4-5-3-1;;;;/h1-2H;2*1H3;;. The van der Waals surface area contributed by atoms with Gasteiger partial charge in [0, 0.05) is 0 Å². The molecule has 1 aromatic rings. The average molecular weight is 216 g/mol. The fraction of sp³-hybridized carbons (Fsp3) is 0.333. The second-order valence-corrected chi connectivity index (χ2v) is 10.3. The van der Waals surface area contributed by atoms with Crippen LogP contribution >= 0.6 is 0 Å². The first-order valence-corrected chi connectivity index (χ1v) is 11.0. The van der Waals surface area contributed by atoms with Gasteiger partial charge in [0.05, 0.1) is 0 Å². The third-order valence-corrected chi connectivity index (χ3v) is 5.20. The predicted octanol–water partition coefficient (Wildman–Crippen LogP) is 0.773. The van der Waals surface area contributed by atoms with Crippen molar-refractivity contribution in [1.82, 2.24) is 0 Å². The molecule has 0 fully saturated rings. The van der Waals surface area contributed by atoms with Crippen molar-refractivity contribution in [2.24, 2.45) is 0 Å². The topological polar surface area (TPSA) is 13.1 Å². The van der Waals surface area contributed by atoms with Gasteiger partial charge in [-0.05, 0) is 0 Å². The molecule has 0 aliphatic carbocycles. The van der Waals surface area contributed by atoms with Crippen molar-refractivity contribution in [3.8, 4) is 0 Å². The summed E-state index contributed by atoms with van der Waals surface area (Å²) in [7, 11) is 0. The summed E-state index contributed by atoms with van der Waals surface area (Å²) in [6, 6.07) is 3.87. The summed E-state index contributed by atoms with van der Waals surface area (Å²) in [4.78, 5) is 4.60. The van der Waals surface area contributed by atoms with E-state index in [2.05, 4.69) is 16.1 Å². The fourth-order valence-corrected chi connectivity index (χ4v) is 2.80. The van der Waals surface area contributed by atoms with Crippen molar-refractivity contribution < 1.29 is 4.42 Å². The van der Waals surface area contributed by atoms with Crippen molar-refractivity contribution in [1.29, 1.82) is 0 Å². The summed E-state index contributed by atoms with van der Waals surface area (Å²) in [5.41, 5.74) is 0. The zero-order valence-electron chi connectivity index (χ0n) is 5.14. The molecule has 1 rings (SSSR count). The van der Waals surface area contributed by atoms with Gasteiger partial charge >= 0.3 is 56.2 Å². The Bertz CT molecular complexity index is 144. The summed E-state index contributed by atoms with van der Waals surface area (Å²) in [6.07, 6.45) is 2.69. The maximum atomic E-state index is 5.06. The van der Waals surface area contributed by atoms with Crippen LogP contribution in [0.3, 0.4) is 0 Å². The molecule has 1 radical (unpaired) electrons. The molecule has 2 heteroatoms. The summed E-state index contributed by atoms with van der Waals surface area (Å²) in [5.74, 6) is 0. The van der Waals surface area contributed by atoms with E-state index < -0.39 is 19.8 Å². The van der Waals surface area contributed by atoms with E-state index in [-0.39, 0.29) is 0 Å². The van der Waals surface area contributed by atoms with Gasteiger partial charge in [0.2, 0.25) is 0 Å². The van der Waals surface area contributed by atoms with Crippen LogP contribution in [0.25, 0.3) is 0 Å². The van der Waals surface area contributed by atoms with Crippen LogP contribution in [0.1, 0.15) is 0 Å². The first-order chi connectivity index (χ1) is 3.80. The van der Waals surface area contributed by atoms with Gasteiger partial charge in [-0.1, -0.05) is 0 Å². The van der Waals surface area contributed by atoms with E-state index in [0.717, 1.165) is 0 Å². The van der Waals surface area contributed by atoms with Gasteiger partial charge < -0.3 is 0 Å². The van der Waals surface area contributed by atoms with Crippen molar-refractivity contribution >= 4 is 23.5 Å². The second-order valence-electron chi connectivity index (χ2n) is 2.11. The molecule has 0 N–H and O–H groups in total. The Morgan fingerprint density at radius 1 is 1.62 bits per heavy atom. The van der Waals surface area contributed by atoms with Gasteiger partial charge in [0.15, 0.2) is 0 Å². The number of hydrogen-bond acceptors (Lipinski definition) is 1. The van der Waals surface area contributed by atoms with Crippen LogP contribution in [0.5, 0.6) is 0 Å². The molecule has 0 saturated heterocycles. The molecule has 0 bridgehead atoms. The quantitative estimate of drug-likeness (QED) is 0.632. The third kappa shape index (κ3) is 1.28. The molecule has 0 amide bonds. The van der Waals surface area contributed by atoms with E-state index in [4.69, 9.17) is 4.42 Å². The molecule has 1 aromatic heterocycles. The SMILES string of the molecule is [CH3][SnH]([CH3])[c]1cc[c]o1. The van der Waals surface area contributed by atoms with E-state index in [9.17, 15) is 0 Å². The first-order valence-electron chi connectivity index (χ1n) is 2.76. The van der Waals surface area contributed by atoms with Crippen LogP contribution in [0.15, 0.2) is 16.5 Å². The summed E-state index contributed by atoms with van der Waals surface area (Å²) in [5, 5.41) is 0. The molecule has 0 spiro atoms. The second kappa shape index (κ2) is 2.57. The molecule has 1 nitrogen and oxygen atoms in total. The van der Waals surface area contributed by atoms with Crippen LogP contribution in [0, 0.1) is 6.26 Å². The molecule has 0 saturated carbocycles. The van der Waals surface area contributed by atoms with Crippen molar-refractivity contribution in [3.63, 3.8) is 0 Å². The van der Waals surface area contributed by atoms with E-state index in [1.807, 2.05) is 12.1 Å².